The predicted molar refractivity (Wildman–Crippen MR) is 39.2 cm³/mol. The molecule has 0 N–H and O–H groups in total. The number of aliphatic imine (C=N–C) groups is 1. The number of nitrogens with zero attached hydrogens (tertiary/aromatic N) is 2. The van der Waals surface area contributed by atoms with E-state index in [1.54, 1.807) is 18.5 Å². The van der Waals surface area contributed by atoms with Crippen LogP contribution in [0.15, 0.2) is 28.4 Å². The van der Waals surface area contributed by atoms with Crippen molar-refractivity contribution < 1.29 is 4.74 Å². The highest BCUT2D eigenvalue weighted by atomic mass is 16.5. The van der Waals surface area contributed by atoms with Gasteiger partial charge in [0.15, 0.2) is 12.8 Å². The molecule has 0 aromatic rings. The Bertz CT molecular complexity index is 284. The first-order chi connectivity index (χ1) is 4.86. The van der Waals surface area contributed by atoms with Crippen LogP contribution in [-0.4, -0.2) is 23.7 Å². The first-order valence-corrected chi connectivity index (χ1v) is 3.08. The molecule has 0 aliphatic carbocycles. The summed E-state index contributed by atoms with van der Waals surface area (Å²) >= 11 is 0. The number of allylic oxidation sites excluding steroid dienone is 1. The Hall–Kier alpha value is -1.38. The molecular weight excluding hydrogens is 128 g/mol. The standard InChI is InChI=1S/C7H6N2O/c10-9-2-1-6-3-8-4-7(6)5-9/h1-4H,5H2. The summed E-state index contributed by atoms with van der Waals surface area (Å²) in [4.78, 5) is 3.92. The molecule has 0 aromatic heterocycles. The van der Waals surface area contributed by atoms with Gasteiger partial charge in [0.2, 0.25) is 0 Å². The van der Waals surface area contributed by atoms with Gasteiger partial charge < -0.3 is 5.21 Å². The molecule has 0 bridgehead atoms. The molecule has 3 heteroatoms. The van der Waals surface area contributed by atoms with E-state index in [2.05, 4.69) is 4.99 Å². The van der Waals surface area contributed by atoms with Crippen LogP contribution in [0.1, 0.15) is 0 Å². The van der Waals surface area contributed by atoms with Crippen LogP contribution in [0.25, 0.3) is 0 Å². The van der Waals surface area contributed by atoms with Crippen molar-refractivity contribution in [3.8, 4) is 0 Å². The highest BCUT2D eigenvalue weighted by Gasteiger charge is 2.14. The van der Waals surface area contributed by atoms with Crippen LogP contribution in [0.5, 0.6) is 0 Å². The van der Waals surface area contributed by atoms with Gasteiger partial charge in [-0.25, -0.2) is 4.74 Å². The molecule has 2 heterocycles. The average Bonchev–Trinajstić information content (AvgIpc) is 2.33. The van der Waals surface area contributed by atoms with Crippen LogP contribution >= 0.6 is 0 Å². The van der Waals surface area contributed by atoms with Crippen molar-refractivity contribution in [3.63, 3.8) is 0 Å². The zero-order valence-electron chi connectivity index (χ0n) is 5.32. The largest absolute Gasteiger partial charge is 0.624 e. The lowest BCUT2D eigenvalue weighted by atomic mass is 10.1. The Kier molecular flexibility index (Phi) is 0.974. The molecule has 2 aliphatic rings. The van der Waals surface area contributed by atoms with Crippen molar-refractivity contribution in [1.29, 1.82) is 0 Å². The normalized spacial score (nSPS) is 21.4. The minimum Gasteiger partial charge on any atom is -0.624 e. The fourth-order valence-corrected chi connectivity index (χ4v) is 1.03. The molecule has 50 valence electrons. The first kappa shape index (κ1) is 5.41. The van der Waals surface area contributed by atoms with Crippen molar-refractivity contribution in [2.45, 2.75) is 0 Å². The molecule has 0 atom stereocenters. The Morgan fingerprint density at radius 2 is 2.50 bits per heavy atom. The fraction of sp³-hybridized carbons (Fsp3) is 0.143. The maximum Gasteiger partial charge on any atom is 0.180 e. The Morgan fingerprint density at radius 3 is 3.40 bits per heavy atom. The van der Waals surface area contributed by atoms with Crippen LogP contribution in [-0.2, 0) is 0 Å². The Balaban J connectivity index is 2.42. The first-order valence-electron chi connectivity index (χ1n) is 3.08. The van der Waals surface area contributed by atoms with E-state index in [-0.39, 0.29) is 0 Å². The second-order valence-electron chi connectivity index (χ2n) is 2.28. The quantitative estimate of drug-likeness (QED) is 0.350. The molecule has 2 rings (SSSR count). The number of hydroxylamine groups is 1. The molecule has 0 aromatic carbocycles. The van der Waals surface area contributed by atoms with Crippen molar-refractivity contribution in [1.82, 2.24) is 0 Å². The van der Waals surface area contributed by atoms with E-state index in [1.807, 2.05) is 0 Å². The van der Waals surface area contributed by atoms with Gasteiger partial charge in [-0.15, -0.1) is 0 Å². The lowest BCUT2D eigenvalue weighted by Crippen LogP contribution is -2.13. The van der Waals surface area contributed by atoms with Gasteiger partial charge >= 0.3 is 0 Å². The lowest BCUT2D eigenvalue weighted by molar-refractivity contribution is -0.443. The summed E-state index contributed by atoms with van der Waals surface area (Å²) in [6.45, 7) is 0.436. The van der Waals surface area contributed by atoms with Crippen LogP contribution in [0.2, 0.25) is 0 Å². The molecule has 0 unspecified atom stereocenters. The smallest absolute Gasteiger partial charge is 0.180 e. The van der Waals surface area contributed by atoms with E-state index in [0.29, 0.717) is 6.54 Å². The van der Waals surface area contributed by atoms with Gasteiger partial charge in [-0.05, 0) is 0 Å². The van der Waals surface area contributed by atoms with E-state index >= 15 is 0 Å². The summed E-state index contributed by atoms with van der Waals surface area (Å²) in [6, 6.07) is 0. The molecule has 0 saturated heterocycles. The van der Waals surface area contributed by atoms with E-state index < -0.39 is 0 Å². The number of fused-ring (bicyclic) bond motifs is 1. The molecule has 0 amide bonds. The summed E-state index contributed by atoms with van der Waals surface area (Å²) in [5.41, 5.74) is 2.07. The molecule has 2 aliphatic heterocycles. The second kappa shape index (κ2) is 1.80. The number of hydrogen-bond acceptors (Lipinski definition) is 2. The Labute approximate surface area is 58.3 Å². The summed E-state index contributed by atoms with van der Waals surface area (Å²) in [7, 11) is 0. The van der Waals surface area contributed by atoms with Gasteiger partial charge in [0.05, 0.1) is 0 Å². The van der Waals surface area contributed by atoms with E-state index in [4.69, 9.17) is 0 Å². The predicted octanol–water partition coefficient (Wildman–Crippen LogP) is 0.476. The van der Waals surface area contributed by atoms with Gasteiger partial charge in [-0.3, -0.25) is 4.99 Å². The van der Waals surface area contributed by atoms with Crippen molar-refractivity contribution in [3.05, 3.63) is 28.6 Å². The van der Waals surface area contributed by atoms with Crippen LogP contribution in [0.3, 0.4) is 0 Å². The second-order valence-corrected chi connectivity index (χ2v) is 2.28. The van der Waals surface area contributed by atoms with E-state index in [1.165, 1.54) is 6.21 Å². The zero-order chi connectivity index (χ0) is 6.97. The summed E-state index contributed by atoms with van der Waals surface area (Å²) in [5.74, 6) is 0. The molecule has 0 radical (unpaired) electrons. The lowest BCUT2D eigenvalue weighted by Gasteiger charge is -2.08. The van der Waals surface area contributed by atoms with Crippen LogP contribution in [0, 0.1) is 5.21 Å². The minimum atomic E-state index is 0.436. The third kappa shape index (κ3) is 0.673. The molecule has 0 saturated carbocycles. The third-order valence-electron chi connectivity index (χ3n) is 1.56. The fourth-order valence-electron chi connectivity index (χ4n) is 1.03. The van der Waals surface area contributed by atoms with Crippen LogP contribution in [0.4, 0.5) is 0 Å². The van der Waals surface area contributed by atoms with Gasteiger partial charge in [-0.1, -0.05) is 0 Å². The van der Waals surface area contributed by atoms with Gasteiger partial charge in [-0.2, -0.15) is 0 Å². The monoisotopic (exact) mass is 134 g/mol. The van der Waals surface area contributed by atoms with Crippen molar-refractivity contribution in [2.24, 2.45) is 4.99 Å². The SMILES string of the molecule is [O-][N+]1=CC=C2C=NC=C2C1. The molecule has 10 heavy (non-hydrogen) atoms. The average molecular weight is 134 g/mol. The van der Waals surface area contributed by atoms with Crippen molar-refractivity contribution in [2.75, 3.05) is 6.54 Å². The summed E-state index contributed by atoms with van der Waals surface area (Å²) in [6.07, 6.45) is 6.78. The highest BCUT2D eigenvalue weighted by Crippen LogP contribution is 2.15. The van der Waals surface area contributed by atoms with Crippen LogP contribution < -0.4 is 0 Å². The van der Waals surface area contributed by atoms with E-state index in [0.717, 1.165) is 15.9 Å². The topological polar surface area (TPSA) is 38.4 Å². The highest BCUT2D eigenvalue weighted by molar-refractivity contribution is 5.93. The molecule has 0 spiro atoms. The summed E-state index contributed by atoms with van der Waals surface area (Å²) < 4.78 is 0.893. The van der Waals surface area contributed by atoms with E-state index in [9.17, 15) is 5.21 Å². The summed E-state index contributed by atoms with van der Waals surface area (Å²) in [5, 5.41) is 10.7. The third-order valence-corrected chi connectivity index (χ3v) is 1.56. The van der Waals surface area contributed by atoms with Gasteiger partial charge in [0.1, 0.15) is 0 Å². The minimum absolute atomic E-state index is 0.436. The maximum absolute atomic E-state index is 10.7. The molecule has 3 nitrogen and oxygen atoms in total. The van der Waals surface area contributed by atoms with Gasteiger partial charge in [0.25, 0.3) is 0 Å². The van der Waals surface area contributed by atoms with Crippen molar-refractivity contribution >= 4 is 12.4 Å². The van der Waals surface area contributed by atoms with Gasteiger partial charge in [0, 0.05) is 29.6 Å². The number of hydrogen-bond donors (Lipinski definition) is 0. The Morgan fingerprint density at radius 1 is 1.60 bits per heavy atom. The maximum atomic E-state index is 10.7. The zero-order valence-corrected chi connectivity index (χ0v) is 5.32. The molecule has 0 fully saturated rings. The molecular formula is C7H6N2O. The number of rotatable bonds is 0.